The van der Waals surface area contributed by atoms with Gasteiger partial charge in [-0.05, 0) is 17.7 Å². The predicted octanol–water partition coefficient (Wildman–Crippen LogP) is 1.58. The maximum Gasteiger partial charge on any atom is 0.165 e. The number of hydrogen-bond acceptors (Lipinski definition) is 3. The van der Waals surface area contributed by atoms with Gasteiger partial charge in [0.15, 0.2) is 5.69 Å². The molecule has 0 saturated carbocycles. The van der Waals surface area contributed by atoms with Gasteiger partial charge in [-0.25, -0.2) is 0 Å². The number of rotatable bonds is 2. The van der Waals surface area contributed by atoms with Crippen molar-refractivity contribution in [3.05, 3.63) is 47.3 Å². The van der Waals surface area contributed by atoms with Crippen LogP contribution >= 0.6 is 0 Å². The molecule has 0 bridgehead atoms. The predicted molar refractivity (Wildman–Crippen MR) is 54.2 cm³/mol. The summed E-state index contributed by atoms with van der Waals surface area (Å²) in [4.78, 5) is 0. The average Bonchev–Trinajstić information content (AvgIpc) is 2.69. The van der Waals surface area contributed by atoms with Crippen molar-refractivity contribution < 1.29 is 5.11 Å². The van der Waals surface area contributed by atoms with Crippen LogP contribution in [-0.4, -0.2) is 15.3 Å². The van der Waals surface area contributed by atoms with Crippen molar-refractivity contribution in [2.75, 3.05) is 0 Å². The number of phenolic OH excluding ortho intramolecular Hbond substituents is 1. The smallest absolute Gasteiger partial charge is 0.165 e. The highest BCUT2D eigenvalue weighted by Crippen LogP contribution is 2.14. The first-order valence-electron chi connectivity index (χ1n) is 4.50. The van der Waals surface area contributed by atoms with Crippen LogP contribution < -0.4 is 0 Å². The summed E-state index contributed by atoms with van der Waals surface area (Å²) in [6.45, 7) is 0. The lowest BCUT2D eigenvalue weighted by Crippen LogP contribution is -1.88. The fourth-order valence-corrected chi connectivity index (χ4v) is 1.38. The van der Waals surface area contributed by atoms with Crippen LogP contribution in [0.5, 0.6) is 5.75 Å². The summed E-state index contributed by atoms with van der Waals surface area (Å²) >= 11 is 0. The van der Waals surface area contributed by atoms with Gasteiger partial charge in [0.25, 0.3) is 0 Å². The van der Waals surface area contributed by atoms with E-state index in [4.69, 9.17) is 10.4 Å². The van der Waals surface area contributed by atoms with Crippen LogP contribution in [0.3, 0.4) is 0 Å². The molecule has 1 aromatic carbocycles. The Morgan fingerprint density at radius 3 is 2.73 bits per heavy atom. The third-order valence-electron chi connectivity index (χ3n) is 2.16. The van der Waals surface area contributed by atoms with Crippen LogP contribution in [0.1, 0.15) is 16.8 Å². The number of hydrogen-bond donors (Lipinski definition) is 2. The van der Waals surface area contributed by atoms with E-state index in [1.807, 2.05) is 18.2 Å². The molecule has 74 valence electrons. The molecule has 0 atom stereocenters. The third-order valence-corrected chi connectivity index (χ3v) is 2.16. The van der Waals surface area contributed by atoms with E-state index in [9.17, 15) is 0 Å². The number of aromatic nitrogens is 2. The first-order valence-corrected chi connectivity index (χ1v) is 4.50. The Morgan fingerprint density at radius 2 is 2.07 bits per heavy atom. The van der Waals surface area contributed by atoms with Crippen molar-refractivity contribution in [2.45, 2.75) is 6.42 Å². The zero-order valence-electron chi connectivity index (χ0n) is 7.94. The van der Waals surface area contributed by atoms with E-state index in [0.717, 1.165) is 11.1 Å². The second-order valence-electron chi connectivity index (χ2n) is 3.21. The van der Waals surface area contributed by atoms with E-state index in [0.29, 0.717) is 12.1 Å². The Balaban J connectivity index is 2.23. The Bertz CT molecular complexity index is 493. The molecule has 0 aliphatic rings. The zero-order valence-corrected chi connectivity index (χ0v) is 7.94. The van der Waals surface area contributed by atoms with E-state index < -0.39 is 0 Å². The Kier molecular flexibility index (Phi) is 2.38. The molecule has 0 aliphatic carbocycles. The number of aromatic hydroxyl groups is 1. The van der Waals surface area contributed by atoms with Gasteiger partial charge >= 0.3 is 0 Å². The van der Waals surface area contributed by atoms with Crippen molar-refractivity contribution >= 4 is 0 Å². The highest BCUT2D eigenvalue weighted by atomic mass is 16.3. The minimum Gasteiger partial charge on any atom is -0.508 e. The zero-order chi connectivity index (χ0) is 10.7. The highest BCUT2D eigenvalue weighted by Gasteiger charge is 2.05. The minimum absolute atomic E-state index is 0.242. The number of nitrogens with zero attached hydrogens (tertiary/aromatic N) is 2. The maximum atomic E-state index is 9.11. The lowest BCUT2D eigenvalue weighted by Gasteiger charge is -1.99. The van der Waals surface area contributed by atoms with Crippen LogP contribution in [0.4, 0.5) is 0 Å². The topological polar surface area (TPSA) is 72.7 Å². The summed E-state index contributed by atoms with van der Waals surface area (Å²) < 4.78 is 0. The van der Waals surface area contributed by atoms with Gasteiger partial charge in [0.2, 0.25) is 0 Å². The normalized spacial score (nSPS) is 9.80. The Morgan fingerprint density at radius 1 is 1.33 bits per heavy atom. The fourth-order valence-electron chi connectivity index (χ4n) is 1.38. The molecule has 0 fully saturated rings. The van der Waals surface area contributed by atoms with Crippen molar-refractivity contribution in [3.63, 3.8) is 0 Å². The number of nitriles is 1. The molecule has 0 saturated heterocycles. The second kappa shape index (κ2) is 3.84. The molecule has 0 unspecified atom stereocenters. The van der Waals surface area contributed by atoms with E-state index in [1.54, 1.807) is 18.3 Å². The Hall–Kier alpha value is -2.28. The van der Waals surface area contributed by atoms with E-state index in [-0.39, 0.29) is 5.75 Å². The van der Waals surface area contributed by atoms with E-state index in [1.165, 1.54) is 0 Å². The van der Waals surface area contributed by atoms with Crippen molar-refractivity contribution in [2.24, 2.45) is 0 Å². The number of H-pyrrole nitrogens is 1. The van der Waals surface area contributed by atoms with Gasteiger partial charge in [0.05, 0.1) is 0 Å². The molecular formula is C11H9N3O. The van der Waals surface area contributed by atoms with E-state index in [2.05, 4.69) is 10.2 Å². The van der Waals surface area contributed by atoms with Gasteiger partial charge in [-0.1, -0.05) is 12.1 Å². The molecule has 2 N–H and O–H groups in total. The summed E-state index contributed by atoms with van der Waals surface area (Å²) in [6, 6.07) is 8.91. The first-order chi connectivity index (χ1) is 7.29. The van der Waals surface area contributed by atoms with Gasteiger partial charge in [-0.3, -0.25) is 5.10 Å². The van der Waals surface area contributed by atoms with Crippen molar-refractivity contribution in [1.29, 1.82) is 5.26 Å². The molecule has 2 rings (SSSR count). The van der Waals surface area contributed by atoms with Crippen LogP contribution in [0.2, 0.25) is 0 Å². The summed E-state index contributed by atoms with van der Waals surface area (Å²) in [5.41, 5.74) is 2.32. The standard InChI is InChI=1S/C11H9N3O/c12-6-11-9(7-13-14-11)5-8-1-3-10(15)4-2-8/h1-4,7,15H,5H2,(H,13,14). The average molecular weight is 199 g/mol. The van der Waals surface area contributed by atoms with Crippen molar-refractivity contribution in [3.8, 4) is 11.8 Å². The Labute approximate surface area is 86.8 Å². The number of phenols is 1. The number of aromatic amines is 1. The largest absolute Gasteiger partial charge is 0.508 e. The van der Waals surface area contributed by atoms with Gasteiger partial charge in [-0.2, -0.15) is 10.4 Å². The summed E-state index contributed by atoms with van der Waals surface area (Å²) in [5, 5.41) is 24.3. The summed E-state index contributed by atoms with van der Waals surface area (Å²) in [5.74, 6) is 0.242. The molecule has 0 radical (unpaired) electrons. The highest BCUT2D eigenvalue weighted by molar-refractivity contribution is 5.35. The quantitative estimate of drug-likeness (QED) is 0.771. The molecule has 0 spiro atoms. The van der Waals surface area contributed by atoms with Crippen LogP contribution in [-0.2, 0) is 6.42 Å². The maximum absolute atomic E-state index is 9.11. The molecule has 2 aromatic rings. The van der Waals surface area contributed by atoms with Gasteiger partial charge < -0.3 is 5.11 Å². The molecular weight excluding hydrogens is 190 g/mol. The fraction of sp³-hybridized carbons (Fsp3) is 0.0909. The monoisotopic (exact) mass is 199 g/mol. The molecule has 4 heteroatoms. The second-order valence-corrected chi connectivity index (χ2v) is 3.21. The van der Waals surface area contributed by atoms with E-state index >= 15 is 0 Å². The first kappa shape index (κ1) is 9.28. The summed E-state index contributed by atoms with van der Waals surface area (Å²) in [6.07, 6.45) is 2.35. The SMILES string of the molecule is N#Cc1n[nH]cc1Cc1ccc(O)cc1. The number of benzene rings is 1. The number of nitrogens with one attached hydrogen (secondary N) is 1. The third kappa shape index (κ3) is 1.97. The lowest BCUT2D eigenvalue weighted by atomic mass is 10.1. The summed E-state index contributed by atoms with van der Waals surface area (Å²) in [7, 11) is 0. The molecule has 0 amide bonds. The molecule has 15 heavy (non-hydrogen) atoms. The molecule has 4 nitrogen and oxygen atoms in total. The van der Waals surface area contributed by atoms with Crippen LogP contribution in [0, 0.1) is 11.3 Å². The molecule has 1 aromatic heterocycles. The molecule has 1 heterocycles. The van der Waals surface area contributed by atoms with Gasteiger partial charge in [0, 0.05) is 18.2 Å². The van der Waals surface area contributed by atoms with Gasteiger partial charge in [0.1, 0.15) is 11.8 Å². The molecule has 0 aliphatic heterocycles. The lowest BCUT2D eigenvalue weighted by molar-refractivity contribution is 0.475. The van der Waals surface area contributed by atoms with Crippen molar-refractivity contribution in [1.82, 2.24) is 10.2 Å². The van der Waals surface area contributed by atoms with Gasteiger partial charge in [-0.15, -0.1) is 0 Å². The van der Waals surface area contributed by atoms with Crippen LogP contribution in [0.15, 0.2) is 30.5 Å². The van der Waals surface area contributed by atoms with Crippen LogP contribution in [0.25, 0.3) is 0 Å². The minimum atomic E-state index is 0.242.